The van der Waals surface area contributed by atoms with E-state index in [9.17, 15) is 14.4 Å². The molecular weight excluding hydrogens is 949 g/mol. The number of esters is 3. The van der Waals surface area contributed by atoms with Crippen molar-refractivity contribution in [2.45, 2.75) is 322 Å². The molecule has 442 valence electrons. The number of hydrogen-bond donors (Lipinski definition) is 0. The van der Waals surface area contributed by atoms with Crippen LogP contribution in [0, 0.1) is 0 Å². The van der Waals surface area contributed by atoms with Crippen molar-refractivity contribution in [2.24, 2.45) is 0 Å². The van der Waals surface area contributed by atoms with E-state index in [0.29, 0.717) is 19.3 Å². The fourth-order valence-corrected chi connectivity index (χ4v) is 9.23. The van der Waals surface area contributed by atoms with Crippen LogP contribution in [-0.4, -0.2) is 37.2 Å². The Bertz CT molecular complexity index is 1510. The number of carbonyl (C=O) groups is 3. The standard InChI is InChI=1S/C71H122O6/c1-4-7-10-13-16-19-22-24-26-28-30-31-32-33-34-35-36-37-38-39-41-42-44-46-49-52-55-58-61-64-70(73)76-67-68(66-75-69(72)63-60-57-54-51-48-21-18-15-12-9-6-3)77-71(74)65-62-59-56-53-50-47-45-43-40-29-27-25-23-20-17-14-11-8-5-2/h7,10,16,19,24,26,30-31,33-34,36-37,39,41,44,46,68H,4-6,8-9,11-15,17-18,20-23,25,27-29,32,35,38,40,42-43,45,47-67H2,1-3H3/b10-7-,19-16-,26-24-,31-30-,34-33-,37-36-,41-39-,46-44-. The number of unbranched alkanes of at least 4 members (excludes halogenated alkanes) is 32. The number of carbonyl (C=O) groups excluding carboxylic acids is 3. The lowest BCUT2D eigenvalue weighted by atomic mass is 10.0. The molecule has 0 aromatic rings. The van der Waals surface area contributed by atoms with E-state index in [2.05, 4.69) is 118 Å². The van der Waals surface area contributed by atoms with Crippen molar-refractivity contribution in [3.8, 4) is 0 Å². The van der Waals surface area contributed by atoms with E-state index in [0.717, 1.165) is 122 Å². The van der Waals surface area contributed by atoms with Crippen molar-refractivity contribution in [2.75, 3.05) is 13.2 Å². The van der Waals surface area contributed by atoms with Gasteiger partial charge in [-0.2, -0.15) is 0 Å². The number of hydrogen-bond acceptors (Lipinski definition) is 6. The van der Waals surface area contributed by atoms with Crippen LogP contribution in [0.4, 0.5) is 0 Å². The fourth-order valence-electron chi connectivity index (χ4n) is 9.23. The predicted molar refractivity (Wildman–Crippen MR) is 334 cm³/mol. The molecule has 1 atom stereocenters. The molecule has 0 aliphatic rings. The van der Waals surface area contributed by atoms with Crippen LogP contribution in [0.3, 0.4) is 0 Å². The van der Waals surface area contributed by atoms with E-state index in [-0.39, 0.29) is 31.1 Å². The van der Waals surface area contributed by atoms with Gasteiger partial charge in [0.15, 0.2) is 6.10 Å². The van der Waals surface area contributed by atoms with E-state index < -0.39 is 6.10 Å². The van der Waals surface area contributed by atoms with Gasteiger partial charge in [-0.15, -0.1) is 0 Å². The zero-order chi connectivity index (χ0) is 55.7. The van der Waals surface area contributed by atoms with Gasteiger partial charge in [-0.1, -0.05) is 311 Å². The minimum atomic E-state index is -0.786. The molecule has 0 aliphatic carbocycles. The highest BCUT2D eigenvalue weighted by molar-refractivity contribution is 5.71. The Morgan fingerprint density at radius 3 is 0.792 bits per heavy atom. The van der Waals surface area contributed by atoms with E-state index in [1.807, 2.05) is 0 Å². The Labute approximate surface area is 477 Å². The average Bonchev–Trinajstić information content (AvgIpc) is 3.43. The maximum Gasteiger partial charge on any atom is 0.306 e. The lowest BCUT2D eigenvalue weighted by Crippen LogP contribution is -2.30. The van der Waals surface area contributed by atoms with Crippen LogP contribution in [0.2, 0.25) is 0 Å². The number of allylic oxidation sites excluding steroid dienone is 16. The highest BCUT2D eigenvalue weighted by Crippen LogP contribution is 2.17. The van der Waals surface area contributed by atoms with Gasteiger partial charge in [0.1, 0.15) is 13.2 Å². The van der Waals surface area contributed by atoms with Gasteiger partial charge in [0.2, 0.25) is 0 Å². The SMILES string of the molecule is CC/C=C\C/C=C\C/C=C\C/C=C\C/C=C\C/C=C\C/C=C\C/C=C\CCCCCCC(=O)OCC(COC(=O)CCCCCCCCCCCCC)OC(=O)CCCCCCCCCCCCCCCCCCCCC. The maximum atomic E-state index is 12.9. The summed E-state index contributed by atoms with van der Waals surface area (Å²) >= 11 is 0. The summed E-state index contributed by atoms with van der Waals surface area (Å²) in [7, 11) is 0. The molecule has 0 aliphatic heterocycles. The highest BCUT2D eigenvalue weighted by Gasteiger charge is 2.19. The summed E-state index contributed by atoms with van der Waals surface area (Å²) in [5.74, 6) is -0.895. The third-order valence-corrected chi connectivity index (χ3v) is 14.1. The first kappa shape index (κ1) is 73.3. The lowest BCUT2D eigenvalue weighted by molar-refractivity contribution is -0.167. The van der Waals surface area contributed by atoms with Gasteiger partial charge in [-0.3, -0.25) is 14.4 Å². The topological polar surface area (TPSA) is 78.9 Å². The molecule has 0 aromatic heterocycles. The van der Waals surface area contributed by atoms with Crippen LogP contribution in [0.15, 0.2) is 97.2 Å². The molecule has 77 heavy (non-hydrogen) atoms. The summed E-state index contributed by atoms with van der Waals surface area (Å²) in [4.78, 5) is 38.3. The number of ether oxygens (including phenoxy) is 3. The summed E-state index contributed by atoms with van der Waals surface area (Å²) in [5, 5.41) is 0. The average molecular weight is 1070 g/mol. The van der Waals surface area contributed by atoms with E-state index in [1.54, 1.807) is 0 Å². The molecule has 0 rings (SSSR count). The van der Waals surface area contributed by atoms with Gasteiger partial charge in [0.25, 0.3) is 0 Å². The second kappa shape index (κ2) is 64.9. The monoisotopic (exact) mass is 1070 g/mol. The second-order valence-corrected chi connectivity index (χ2v) is 21.7. The van der Waals surface area contributed by atoms with Gasteiger partial charge in [-0.25, -0.2) is 0 Å². The molecule has 0 spiro atoms. The van der Waals surface area contributed by atoms with Crippen LogP contribution in [0.1, 0.15) is 316 Å². The predicted octanol–water partition coefficient (Wildman–Crippen LogP) is 22.4. The Hall–Kier alpha value is -3.67. The lowest BCUT2D eigenvalue weighted by Gasteiger charge is -2.18. The van der Waals surface area contributed by atoms with Crippen molar-refractivity contribution >= 4 is 17.9 Å². The highest BCUT2D eigenvalue weighted by atomic mass is 16.6. The van der Waals surface area contributed by atoms with Crippen LogP contribution in [0.5, 0.6) is 0 Å². The molecular formula is C71H122O6. The van der Waals surface area contributed by atoms with Gasteiger partial charge >= 0.3 is 17.9 Å². The Morgan fingerprint density at radius 1 is 0.273 bits per heavy atom. The fraction of sp³-hybridized carbons (Fsp3) is 0.732. The van der Waals surface area contributed by atoms with Crippen LogP contribution in [0.25, 0.3) is 0 Å². The first-order valence-electron chi connectivity index (χ1n) is 32.7. The smallest absolute Gasteiger partial charge is 0.306 e. The Kier molecular flexibility index (Phi) is 61.8. The molecule has 0 saturated carbocycles. The molecule has 6 heteroatoms. The minimum Gasteiger partial charge on any atom is -0.462 e. The number of rotatable bonds is 59. The summed E-state index contributed by atoms with van der Waals surface area (Å²) in [6.07, 6.45) is 87.0. The summed E-state index contributed by atoms with van der Waals surface area (Å²) in [5.41, 5.74) is 0. The molecule has 0 N–H and O–H groups in total. The Morgan fingerprint density at radius 2 is 0.506 bits per heavy atom. The molecule has 6 nitrogen and oxygen atoms in total. The molecule has 0 heterocycles. The first-order chi connectivity index (χ1) is 38.0. The zero-order valence-corrected chi connectivity index (χ0v) is 50.7. The molecule has 0 aromatic carbocycles. The Balaban J connectivity index is 4.32. The molecule has 0 bridgehead atoms. The third-order valence-electron chi connectivity index (χ3n) is 14.1. The van der Waals surface area contributed by atoms with Gasteiger partial charge in [-0.05, 0) is 83.5 Å². The van der Waals surface area contributed by atoms with E-state index in [1.165, 1.54) is 154 Å². The van der Waals surface area contributed by atoms with Gasteiger partial charge < -0.3 is 14.2 Å². The van der Waals surface area contributed by atoms with Crippen LogP contribution < -0.4 is 0 Å². The third kappa shape index (κ3) is 63.0. The quantitative estimate of drug-likeness (QED) is 0.0261. The molecule has 0 radical (unpaired) electrons. The molecule has 0 saturated heterocycles. The van der Waals surface area contributed by atoms with Crippen molar-refractivity contribution in [3.05, 3.63) is 97.2 Å². The van der Waals surface area contributed by atoms with Gasteiger partial charge in [0, 0.05) is 19.3 Å². The normalized spacial score (nSPS) is 12.7. The molecule has 0 fully saturated rings. The molecule has 0 amide bonds. The van der Waals surface area contributed by atoms with Crippen LogP contribution >= 0.6 is 0 Å². The van der Waals surface area contributed by atoms with Crippen molar-refractivity contribution in [1.82, 2.24) is 0 Å². The maximum absolute atomic E-state index is 12.9. The first-order valence-corrected chi connectivity index (χ1v) is 32.7. The molecule has 1 unspecified atom stereocenters. The van der Waals surface area contributed by atoms with Crippen molar-refractivity contribution in [3.63, 3.8) is 0 Å². The van der Waals surface area contributed by atoms with Crippen LogP contribution in [-0.2, 0) is 28.6 Å². The van der Waals surface area contributed by atoms with E-state index >= 15 is 0 Å². The van der Waals surface area contributed by atoms with Crippen molar-refractivity contribution in [1.29, 1.82) is 0 Å². The largest absolute Gasteiger partial charge is 0.462 e. The zero-order valence-electron chi connectivity index (χ0n) is 50.7. The summed E-state index contributed by atoms with van der Waals surface area (Å²) < 4.78 is 16.9. The van der Waals surface area contributed by atoms with E-state index in [4.69, 9.17) is 14.2 Å². The van der Waals surface area contributed by atoms with Gasteiger partial charge in [0.05, 0.1) is 0 Å². The second-order valence-electron chi connectivity index (χ2n) is 21.7. The van der Waals surface area contributed by atoms with Crippen molar-refractivity contribution < 1.29 is 28.6 Å². The summed E-state index contributed by atoms with van der Waals surface area (Å²) in [6.45, 7) is 6.53. The summed E-state index contributed by atoms with van der Waals surface area (Å²) in [6, 6.07) is 0. The minimum absolute atomic E-state index is 0.0815.